The summed E-state index contributed by atoms with van der Waals surface area (Å²) in [6, 6.07) is 0. The molecule has 126 valence electrons. The van der Waals surface area contributed by atoms with E-state index in [9.17, 15) is 9.59 Å². The predicted molar refractivity (Wildman–Crippen MR) is 90.9 cm³/mol. The van der Waals surface area contributed by atoms with Gasteiger partial charge in [0, 0.05) is 12.3 Å². The number of carbonyl (C=O) groups excluding carboxylic acids is 2. The Labute approximate surface area is 140 Å². The number of allylic oxidation sites excluding steroid dienone is 1. The first-order valence-corrected chi connectivity index (χ1v) is 9.60. The minimum Gasteiger partial charge on any atom is -0.300 e. The van der Waals surface area contributed by atoms with Gasteiger partial charge in [-0.2, -0.15) is 0 Å². The van der Waals surface area contributed by atoms with Gasteiger partial charge in [0.2, 0.25) is 0 Å². The van der Waals surface area contributed by atoms with E-state index in [0.29, 0.717) is 17.5 Å². The molecule has 3 fully saturated rings. The van der Waals surface area contributed by atoms with Gasteiger partial charge in [0.1, 0.15) is 5.78 Å². The van der Waals surface area contributed by atoms with Crippen molar-refractivity contribution < 1.29 is 9.59 Å². The number of Topliss-reactive ketones (excluding diaryl/α,β-unsaturated/α-hetero) is 1. The summed E-state index contributed by atoms with van der Waals surface area (Å²) >= 11 is 0. The standard InChI is InChI=1S/C21H30O2/c1-13(22)17-6-7-18-16-5-4-14-12-15(23)8-10-20(14,2)19(16)9-11-21(17,18)3/h12,16-19H,4-11H2,1-3H3/t16?,17?,18?,19?,20-,21-/m1/s1. The average Bonchev–Trinajstić information content (AvgIpc) is 2.85. The highest BCUT2D eigenvalue weighted by molar-refractivity contribution is 5.91. The van der Waals surface area contributed by atoms with Crippen molar-refractivity contribution >= 4 is 11.6 Å². The molecule has 0 aliphatic heterocycles. The van der Waals surface area contributed by atoms with Gasteiger partial charge in [0.05, 0.1) is 0 Å². The summed E-state index contributed by atoms with van der Waals surface area (Å²) in [6.07, 6.45) is 10.9. The van der Waals surface area contributed by atoms with Crippen LogP contribution in [0.5, 0.6) is 0 Å². The van der Waals surface area contributed by atoms with Gasteiger partial charge in [-0.05, 0) is 86.5 Å². The summed E-state index contributed by atoms with van der Waals surface area (Å²) in [6.45, 7) is 6.65. The van der Waals surface area contributed by atoms with Gasteiger partial charge in [0.15, 0.2) is 5.78 Å². The Morgan fingerprint density at radius 1 is 1.04 bits per heavy atom. The monoisotopic (exact) mass is 314 g/mol. The molecule has 2 nitrogen and oxygen atoms in total. The molecule has 0 N–H and O–H groups in total. The first kappa shape index (κ1) is 15.6. The van der Waals surface area contributed by atoms with Crippen LogP contribution >= 0.6 is 0 Å². The third-order valence-electron chi connectivity index (χ3n) is 8.45. The number of hydrogen-bond acceptors (Lipinski definition) is 2. The quantitative estimate of drug-likeness (QED) is 0.701. The summed E-state index contributed by atoms with van der Waals surface area (Å²) < 4.78 is 0. The summed E-state index contributed by atoms with van der Waals surface area (Å²) in [5.41, 5.74) is 1.95. The Kier molecular flexibility index (Phi) is 3.42. The van der Waals surface area contributed by atoms with E-state index in [0.717, 1.165) is 43.4 Å². The van der Waals surface area contributed by atoms with Crippen LogP contribution < -0.4 is 0 Å². The van der Waals surface area contributed by atoms with E-state index < -0.39 is 0 Å². The second-order valence-electron chi connectivity index (χ2n) is 9.25. The van der Waals surface area contributed by atoms with Crippen LogP contribution in [0.1, 0.15) is 72.1 Å². The number of fused-ring (bicyclic) bond motifs is 5. The fourth-order valence-electron chi connectivity index (χ4n) is 7.23. The van der Waals surface area contributed by atoms with Crippen LogP contribution in [-0.4, -0.2) is 11.6 Å². The predicted octanol–water partition coefficient (Wildman–Crippen LogP) is 4.72. The van der Waals surface area contributed by atoms with Crippen molar-refractivity contribution in [2.24, 2.45) is 34.5 Å². The third-order valence-corrected chi connectivity index (χ3v) is 8.45. The van der Waals surface area contributed by atoms with Crippen LogP contribution in [0.3, 0.4) is 0 Å². The van der Waals surface area contributed by atoms with Crippen molar-refractivity contribution in [1.29, 1.82) is 0 Å². The number of ketones is 2. The highest BCUT2D eigenvalue weighted by atomic mass is 16.1. The Bertz CT molecular complexity index is 589. The molecule has 2 heteroatoms. The van der Waals surface area contributed by atoms with Gasteiger partial charge in [-0.1, -0.05) is 19.4 Å². The molecular formula is C21H30O2. The first-order chi connectivity index (χ1) is 10.9. The molecule has 3 saturated carbocycles. The smallest absolute Gasteiger partial charge is 0.155 e. The lowest BCUT2D eigenvalue weighted by atomic mass is 9.47. The van der Waals surface area contributed by atoms with Crippen molar-refractivity contribution in [1.82, 2.24) is 0 Å². The topological polar surface area (TPSA) is 34.1 Å². The number of rotatable bonds is 1. The van der Waals surface area contributed by atoms with E-state index in [1.54, 1.807) is 6.92 Å². The van der Waals surface area contributed by atoms with E-state index in [2.05, 4.69) is 13.8 Å². The minimum absolute atomic E-state index is 0.245. The van der Waals surface area contributed by atoms with Crippen molar-refractivity contribution in [2.75, 3.05) is 0 Å². The molecule has 0 bridgehead atoms. The molecule has 0 amide bonds. The zero-order valence-electron chi connectivity index (χ0n) is 14.9. The normalized spacial score (nSPS) is 49.0. The van der Waals surface area contributed by atoms with Crippen LogP contribution in [0.25, 0.3) is 0 Å². The van der Waals surface area contributed by atoms with Crippen LogP contribution in [0.4, 0.5) is 0 Å². The lowest BCUT2D eigenvalue weighted by Crippen LogP contribution is -2.51. The van der Waals surface area contributed by atoms with E-state index in [-0.39, 0.29) is 10.8 Å². The average molecular weight is 314 g/mol. The van der Waals surface area contributed by atoms with Gasteiger partial charge in [-0.3, -0.25) is 9.59 Å². The molecule has 4 aliphatic rings. The molecule has 4 unspecified atom stereocenters. The lowest BCUT2D eigenvalue weighted by molar-refractivity contribution is -0.128. The van der Waals surface area contributed by atoms with Crippen molar-refractivity contribution in [3.05, 3.63) is 11.6 Å². The highest BCUT2D eigenvalue weighted by Crippen LogP contribution is 2.66. The number of hydrogen-bond donors (Lipinski definition) is 0. The Morgan fingerprint density at radius 3 is 2.57 bits per heavy atom. The molecular weight excluding hydrogens is 284 g/mol. The summed E-state index contributed by atoms with van der Waals surface area (Å²) in [4.78, 5) is 24.0. The van der Waals surface area contributed by atoms with Crippen LogP contribution in [0.2, 0.25) is 0 Å². The molecule has 0 radical (unpaired) electrons. The molecule has 4 rings (SSSR count). The molecule has 0 saturated heterocycles. The molecule has 23 heavy (non-hydrogen) atoms. The van der Waals surface area contributed by atoms with E-state index in [4.69, 9.17) is 0 Å². The van der Waals surface area contributed by atoms with E-state index in [1.807, 2.05) is 6.08 Å². The molecule has 0 aromatic rings. The van der Waals surface area contributed by atoms with E-state index in [1.165, 1.54) is 31.3 Å². The second kappa shape index (κ2) is 5.04. The summed E-state index contributed by atoms with van der Waals surface area (Å²) in [7, 11) is 0. The van der Waals surface area contributed by atoms with Crippen molar-refractivity contribution in [2.45, 2.75) is 72.1 Å². The maximum Gasteiger partial charge on any atom is 0.155 e. The van der Waals surface area contributed by atoms with Crippen molar-refractivity contribution in [3.63, 3.8) is 0 Å². The van der Waals surface area contributed by atoms with Gasteiger partial charge in [-0.25, -0.2) is 0 Å². The Morgan fingerprint density at radius 2 is 1.83 bits per heavy atom. The minimum atomic E-state index is 0.245. The van der Waals surface area contributed by atoms with Crippen LogP contribution in [-0.2, 0) is 9.59 Å². The lowest BCUT2D eigenvalue weighted by Gasteiger charge is -2.58. The molecule has 0 heterocycles. The van der Waals surface area contributed by atoms with Gasteiger partial charge in [-0.15, -0.1) is 0 Å². The fraction of sp³-hybridized carbons (Fsp3) is 0.810. The Balaban J connectivity index is 1.67. The molecule has 0 aromatic heterocycles. The molecule has 0 aromatic carbocycles. The maximum atomic E-state index is 12.1. The summed E-state index contributed by atoms with van der Waals surface area (Å²) in [5.74, 6) is 3.29. The van der Waals surface area contributed by atoms with Crippen molar-refractivity contribution in [3.8, 4) is 0 Å². The molecule has 0 spiro atoms. The SMILES string of the molecule is CC(=O)C1CCC2C3CCC4=CC(=O)CC[C@@]4(C)C3CC[C@]12C. The fourth-order valence-corrected chi connectivity index (χ4v) is 7.23. The first-order valence-electron chi connectivity index (χ1n) is 9.60. The largest absolute Gasteiger partial charge is 0.300 e. The second-order valence-corrected chi connectivity index (χ2v) is 9.25. The molecule has 4 aliphatic carbocycles. The maximum absolute atomic E-state index is 12.1. The Hall–Kier alpha value is -0.920. The zero-order valence-corrected chi connectivity index (χ0v) is 14.9. The molecule has 6 atom stereocenters. The van der Waals surface area contributed by atoms with Crippen LogP contribution in [0, 0.1) is 34.5 Å². The van der Waals surface area contributed by atoms with Gasteiger partial charge < -0.3 is 0 Å². The van der Waals surface area contributed by atoms with E-state index >= 15 is 0 Å². The van der Waals surface area contributed by atoms with Gasteiger partial charge >= 0.3 is 0 Å². The van der Waals surface area contributed by atoms with Crippen LogP contribution in [0.15, 0.2) is 11.6 Å². The third kappa shape index (κ3) is 2.06. The highest BCUT2D eigenvalue weighted by Gasteiger charge is 2.59. The summed E-state index contributed by atoms with van der Waals surface area (Å²) in [5, 5.41) is 0. The number of carbonyl (C=O) groups is 2. The zero-order chi connectivity index (χ0) is 16.4. The van der Waals surface area contributed by atoms with Gasteiger partial charge in [0.25, 0.3) is 0 Å².